The highest BCUT2D eigenvalue weighted by Gasteiger charge is 2.15. The maximum Gasteiger partial charge on any atom is 0.316 e. The van der Waals surface area contributed by atoms with E-state index in [1.165, 1.54) is 30.6 Å². The van der Waals surface area contributed by atoms with E-state index < -0.39 is 17.3 Å². The molecule has 0 bridgehead atoms. The molecule has 3 aromatic rings. The van der Waals surface area contributed by atoms with E-state index in [1.54, 1.807) is 7.05 Å². The topological polar surface area (TPSA) is 121 Å². The summed E-state index contributed by atoms with van der Waals surface area (Å²) in [6.45, 7) is 4.35. The second-order valence-corrected chi connectivity index (χ2v) is 7.19. The van der Waals surface area contributed by atoms with Crippen LogP contribution in [-0.2, 0) is 4.74 Å². The van der Waals surface area contributed by atoms with Crippen molar-refractivity contribution in [2.75, 3.05) is 57.1 Å². The Bertz CT molecular complexity index is 1160. The standard InChI is InChI=1S/C21H23FN6O4/c1-23-17-10-14(22)8-13-9-16(20(30)27-18(13)17)19(29)26-15-11-24-21(25-12-15)32-7-4-28-2-5-31-6-3-28/h8-12,23H,2-7H2,1H3,(H,26,29)(H,27,30). The van der Waals surface area contributed by atoms with Crippen LogP contribution in [0.15, 0.2) is 35.4 Å². The molecule has 1 fully saturated rings. The Hall–Kier alpha value is -3.57. The van der Waals surface area contributed by atoms with Crippen molar-refractivity contribution >= 4 is 28.2 Å². The van der Waals surface area contributed by atoms with E-state index in [2.05, 4.69) is 30.5 Å². The summed E-state index contributed by atoms with van der Waals surface area (Å²) in [6, 6.07) is 4.04. The first kappa shape index (κ1) is 21.7. The Labute approximate surface area is 182 Å². The van der Waals surface area contributed by atoms with Gasteiger partial charge in [0, 0.05) is 32.1 Å². The van der Waals surface area contributed by atoms with Gasteiger partial charge >= 0.3 is 6.01 Å². The Morgan fingerprint density at radius 3 is 2.72 bits per heavy atom. The molecule has 0 radical (unpaired) electrons. The molecule has 0 unspecified atom stereocenters. The van der Waals surface area contributed by atoms with Gasteiger partial charge in [0.1, 0.15) is 18.0 Å². The number of rotatable bonds is 7. The predicted octanol–water partition coefficient (Wildman–Crippen LogP) is 1.46. The fraction of sp³-hybridized carbons (Fsp3) is 0.333. The molecule has 1 saturated heterocycles. The third kappa shape index (κ3) is 5.01. The normalized spacial score (nSPS) is 14.3. The monoisotopic (exact) mass is 442 g/mol. The average Bonchev–Trinajstić information content (AvgIpc) is 2.80. The number of amides is 1. The molecule has 3 N–H and O–H groups in total. The van der Waals surface area contributed by atoms with Gasteiger partial charge < -0.3 is 25.1 Å². The van der Waals surface area contributed by atoms with Gasteiger partial charge in [-0.05, 0) is 18.2 Å². The van der Waals surface area contributed by atoms with Gasteiger partial charge in [-0.2, -0.15) is 0 Å². The van der Waals surface area contributed by atoms with Crippen molar-refractivity contribution < 1.29 is 18.7 Å². The number of aromatic nitrogens is 3. The van der Waals surface area contributed by atoms with Crippen molar-refractivity contribution in [2.45, 2.75) is 0 Å². The summed E-state index contributed by atoms with van der Waals surface area (Å²) in [5, 5.41) is 5.78. The molecular formula is C21H23FN6O4. The molecule has 1 aromatic carbocycles. The summed E-state index contributed by atoms with van der Waals surface area (Å²) in [5.74, 6) is -1.15. The molecule has 1 amide bonds. The lowest BCUT2D eigenvalue weighted by Crippen LogP contribution is -2.38. The molecule has 0 atom stereocenters. The molecule has 11 heteroatoms. The summed E-state index contributed by atoms with van der Waals surface area (Å²) in [4.78, 5) is 38.0. The number of fused-ring (bicyclic) bond motifs is 1. The van der Waals surface area contributed by atoms with Crippen LogP contribution in [0.3, 0.4) is 0 Å². The lowest BCUT2D eigenvalue weighted by atomic mass is 10.1. The number of halogens is 1. The third-order valence-electron chi connectivity index (χ3n) is 5.06. The highest BCUT2D eigenvalue weighted by Crippen LogP contribution is 2.22. The molecule has 10 nitrogen and oxygen atoms in total. The SMILES string of the molecule is CNc1cc(F)cc2cc(C(=O)Nc3cnc(OCCN4CCOCC4)nc3)c(=O)[nH]c12. The molecule has 0 spiro atoms. The number of nitrogens with zero attached hydrogens (tertiary/aromatic N) is 3. The van der Waals surface area contributed by atoms with Crippen molar-refractivity contribution in [1.29, 1.82) is 0 Å². The molecule has 32 heavy (non-hydrogen) atoms. The number of morpholine rings is 1. The van der Waals surface area contributed by atoms with E-state index >= 15 is 0 Å². The summed E-state index contributed by atoms with van der Waals surface area (Å²) in [7, 11) is 1.61. The smallest absolute Gasteiger partial charge is 0.316 e. The van der Waals surface area contributed by atoms with Crippen molar-refractivity contribution in [3.8, 4) is 6.01 Å². The van der Waals surface area contributed by atoms with Gasteiger partial charge in [-0.25, -0.2) is 14.4 Å². The van der Waals surface area contributed by atoms with E-state index in [9.17, 15) is 14.0 Å². The summed E-state index contributed by atoms with van der Waals surface area (Å²) in [5.41, 5.74) is 0.377. The van der Waals surface area contributed by atoms with E-state index in [-0.39, 0.29) is 11.6 Å². The Balaban J connectivity index is 1.40. The van der Waals surface area contributed by atoms with Crippen LogP contribution >= 0.6 is 0 Å². The number of anilines is 2. The minimum Gasteiger partial charge on any atom is -0.462 e. The largest absolute Gasteiger partial charge is 0.462 e. The van der Waals surface area contributed by atoms with Gasteiger partial charge in [0.25, 0.3) is 11.5 Å². The number of hydrogen-bond acceptors (Lipinski definition) is 8. The summed E-state index contributed by atoms with van der Waals surface area (Å²) >= 11 is 0. The van der Waals surface area contributed by atoms with Gasteiger partial charge in [0.05, 0.1) is 42.5 Å². The van der Waals surface area contributed by atoms with Crippen molar-refractivity contribution in [2.24, 2.45) is 0 Å². The Kier molecular flexibility index (Phi) is 6.57. The van der Waals surface area contributed by atoms with Crippen LogP contribution in [0, 0.1) is 5.82 Å². The Morgan fingerprint density at radius 1 is 1.25 bits per heavy atom. The second kappa shape index (κ2) is 9.71. The maximum atomic E-state index is 13.8. The first-order valence-electron chi connectivity index (χ1n) is 10.1. The first-order chi connectivity index (χ1) is 15.5. The lowest BCUT2D eigenvalue weighted by molar-refractivity contribution is 0.0317. The number of pyridine rings is 1. The highest BCUT2D eigenvalue weighted by atomic mass is 19.1. The van der Waals surface area contributed by atoms with Crippen LogP contribution in [0.1, 0.15) is 10.4 Å². The zero-order valence-electron chi connectivity index (χ0n) is 17.5. The van der Waals surface area contributed by atoms with E-state index in [1.807, 2.05) is 0 Å². The fourth-order valence-corrected chi connectivity index (χ4v) is 3.39. The van der Waals surface area contributed by atoms with Crippen LogP contribution in [-0.4, -0.2) is 72.3 Å². The lowest BCUT2D eigenvalue weighted by Gasteiger charge is -2.26. The fourth-order valence-electron chi connectivity index (χ4n) is 3.39. The maximum absolute atomic E-state index is 13.8. The number of carbonyl (C=O) groups excluding carboxylic acids is 1. The minimum absolute atomic E-state index is 0.156. The third-order valence-corrected chi connectivity index (χ3v) is 5.06. The summed E-state index contributed by atoms with van der Waals surface area (Å²) < 4.78 is 24.7. The Morgan fingerprint density at radius 2 is 2.00 bits per heavy atom. The molecule has 1 aliphatic rings. The molecular weight excluding hydrogens is 419 g/mol. The molecule has 168 valence electrons. The van der Waals surface area contributed by atoms with Crippen LogP contribution in [0.5, 0.6) is 6.01 Å². The van der Waals surface area contributed by atoms with Gasteiger partial charge in [0.15, 0.2) is 0 Å². The molecule has 0 aliphatic carbocycles. The molecule has 2 aromatic heterocycles. The van der Waals surface area contributed by atoms with Crippen molar-refractivity contribution in [1.82, 2.24) is 19.9 Å². The molecule has 0 saturated carbocycles. The second-order valence-electron chi connectivity index (χ2n) is 7.19. The van der Waals surface area contributed by atoms with Crippen LogP contribution < -0.4 is 20.9 Å². The number of carbonyl (C=O) groups is 1. The zero-order chi connectivity index (χ0) is 22.5. The van der Waals surface area contributed by atoms with Crippen molar-refractivity contribution in [3.05, 3.63) is 52.3 Å². The zero-order valence-corrected chi connectivity index (χ0v) is 17.5. The molecule has 3 heterocycles. The van der Waals surface area contributed by atoms with Crippen LogP contribution in [0.25, 0.3) is 10.9 Å². The number of aromatic amines is 1. The molecule has 1 aliphatic heterocycles. The number of H-pyrrole nitrogens is 1. The van der Waals surface area contributed by atoms with Crippen LogP contribution in [0.2, 0.25) is 0 Å². The van der Waals surface area contributed by atoms with E-state index in [0.717, 1.165) is 32.8 Å². The number of nitrogens with one attached hydrogen (secondary N) is 3. The first-order valence-corrected chi connectivity index (χ1v) is 10.1. The highest BCUT2D eigenvalue weighted by molar-refractivity contribution is 6.06. The quantitative estimate of drug-likeness (QED) is 0.503. The van der Waals surface area contributed by atoms with Gasteiger partial charge in [-0.1, -0.05) is 0 Å². The van der Waals surface area contributed by atoms with Gasteiger partial charge in [0.2, 0.25) is 0 Å². The number of hydrogen-bond donors (Lipinski definition) is 3. The predicted molar refractivity (Wildman–Crippen MR) is 117 cm³/mol. The number of ether oxygens (including phenoxy) is 2. The van der Waals surface area contributed by atoms with E-state index in [0.29, 0.717) is 28.9 Å². The molecule has 4 rings (SSSR count). The van der Waals surface area contributed by atoms with E-state index in [4.69, 9.17) is 9.47 Å². The van der Waals surface area contributed by atoms with Gasteiger partial charge in [-0.15, -0.1) is 0 Å². The van der Waals surface area contributed by atoms with Gasteiger partial charge in [-0.3, -0.25) is 14.5 Å². The van der Waals surface area contributed by atoms with Crippen LogP contribution in [0.4, 0.5) is 15.8 Å². The van der Waals surface area contributed by atoms with Crippen molar-refractivity contribution in [3.63, 3.8) is 0 Å². The minimum atomic E-state index is -0.659. The average molecular weight is 442 g/mol. The summed E-state index contributed by atoms with van der Waals surface area (Å²) in [6.07, 6.45) is 2.78. The number of benzene rings is 1.